The third-order valence-electron chi connectivity index (χ3n) is 4.78. The first-order chi connectivity index (χ1) is 12.5. The molecule has 0 radical (unpaired) electrons. The molecule has 7 heteroatoms. The van der Waals surface area contributed by atoms with Gasteiger partial charge in [0.15, 0.2) is 10.6 Å². The van der Waals surface area contributed by atoms with Gasteiger partial charge in [0.1, 0.15) is 0 Å². The summed E-state index contributed by atoms with van der Waals surface area (Å²) >= 11 is 5.26. The molecule has 26 heavy (non-hydrogen) atoms. The smallest absolute Gasteiger partial charge is 0.226 e. The van der Waals surface area contributed by atoms with Gasteiger partial charge in [0, 0.05) is 12.6 Å². The summed E-state index contributed by atoms with van der Waals surface area (Å²) in [5.41, 5.74) is 2.25. The number of rotatable bonds is 5. The number of nitrogens with zero attached hydrogens (tertiary/aromatic N) is 2. The Hall–Kier alpha value is -1.99. The average molecular weight is 375 g/mol. The van der Waals surface area contributed by atoms with E-state index in [0.717, 1.165) is 24.2 Å². The van der Waals surface area contributed by atoms with Crippen molar-refractivity contribution in [2.75, 3.05) is 6.61 Å². The fourth-order valence-electron chi connectivity index (χ4n) is 3.43. The number of hydrogen-bond donors (Lipinski definition) is 2. The summed E-state index contributed by atoms with van der Waals surface area (Å²) in [5, 5.41) is 10.1. The molecule has 1 aromatic heterocycles. The largest absolute Gasteiger partial charge is 0.373 e. The zero-order chi connectivity index (χ0) is 18.7. The molecule has 0 aliphatic carbocycles. The van der Waals surface area contributed by atoms with Crippen LogP contribution in [-0.4, -0.2) is 27.3 Å². The fourth-order valence-corrected chi connectivity index (χ4v) is 3.79. The maximum Gasteiger partial charge on any atom is 0.226 e. The maximum atomic E-state index is 12.8. The van der Waals surface area contributed by atoms with Crippen molar-refractivity contribution in [2.45, 2.75) is 52.3 Å². The molecule has 0 bridgehead atoms. The van der Waals surface area contributed by atoms with Crippen molar-refractivity contribution in [3.8, 4) is 0 Å². The molecular formula is C19H26N4O2S. The van der Waals surface area contributed by atoms with E-state index in [-0.39, 0.29) is 24.0 Å². The minimum absolute atomic E-state index is 0.000463. The highest BCUT2D eigenvalue weighted by molar-refractivity contribution is 7.71. The summed E-state index contributed by atoms with van der Waals surface area (Å²) < 4.78 is 8.44. The third-order valence-corrected chi connectivity index (χ3v) is 5.07. The predicted octanol–water partition coefficient (Wildman–Crippen LogP) is 3.61. The Morgan fingerprint density at radius 1 is 1.42 bits per heavy atom. The summed E-state index contributed by atoms with van der Waals surface area (Å²) in [6.45, 7) is 7.17. The third kappa shape index (κ3) is 4.04. The maximum absolute atomic E-state index is 12.8. The minimum Gasteiger partial charge on any atom is -0.373 e. The van der Waals surface area contributed by atoms with Crippen molar-refractivity contribution < 1.29 is 9.53 Å². The number of H-pyrrole nitrogens is 1. The lowest BCUT2D eigenvalue weighted by Gasteiger charge is -2.31. The van der Waals surface area contributed by atoms with Gasteiger partial charge in [0.25, 0.3) is 0 Å². The number of aryl methyl sites for hydroxylation is 1. The van der Waals surface area contributed by atoms with Gasteiger partial charge in [-0.15, -0.1) is 0 Å². The van der Waals surface area contributed by atoms with Gasteiger partial charge < -0.3 is 14.6 Å². The molecule has 2 aromatic rings. The van der Waals surface area contributed by atoms with Gasteiger partial charge in [-0.2, -0.15) is 5.10 Å². The fraction of sp³-hybridized carbons (Fsp3) is 0.526. The van der Waals surface area contributed by atoms with E-state index < -0.39 is 0 Å². The number of carbonyl (C=O) groups is 1. The molecular weight excluding hydrogens is 348 g/mol. The lowest BCUT2D eigenvalue weighted by Crippen LogP contribution is -2.37. The molecule has 0 spiro atoms. The van der Waals surface area contributed by atoms with E-state index in [1.54, 1.807) is 0 Å². The molecule has 140 valence electrons. The van der Waals surface area contributed by atoms with Crippen LogP contribution >= 0.6 is 12.2 Å². The van der Waals surface area contributed by atoms with Gasteiger partial charge in [-0.3, -0.25) is 9.89 Å². The van der Waals surface area contributed by atoms with Crippen LogP contribution in [0.25, 0.3) is 0 Å². The molecule has 1 saturated heterocycles. The van der Waals surface area contributed by atoms with Gasteiger partial charge in [0.2, 0.25) is 5.91 Å². The van der Waals surface area contributed by atoms with Crippen molar-refractivity contribution in [2.24, 2.45) is 5.92 Å². The molecule has 1 amide bonds. The average Bonchev–Trinajstić information content (AvgIpc) is 3.01. The van der Waals surface area contributed by atoms with Gasteiger partial charge in [-0.05, 0) is 51.4 Å². The van der Waals surface area contributed by atoms with Crippen LogP contribution < -0.4 is 5.32 Å². The Labute approximate surface area is 159 Å². The van der Waals surface area contributed by atoms with E-state index in [1.165, 1.54) is 5.56 Å². The highest BCUT2D eigenvalue weighted by atomic mass is 32.1. The van der Waals surface area contributed by atoms with Crippen LogP contribution in [0.5, 0.6) is 0 Å². The Morgan fingerprint density at radius 3 is 2.85 bits per heavy atom. The van der Waals surface area contributed by atoms with Gasteiger partial charge in [-0.1, -0.05) is 29.8 Å². The van der Waals surface area contributed by atoms with Crippen LogP contribution in [0.3, 0.4) is 0 Å². The molecule has 1 aliphatic heterocycles. The summed E-state index contributed by atoms with van der Waals surface area (Å²) in [6, 6.07) is 8.41. The Morgan fingerprint density at radius 2 is 2.15 bits per heavy atom. The first-order valence-corrected chi connectivity index (χ1v) is 9.50. The number of amides is 1. The molecule has 0 saturated carbocycles. The van der Waals surface area contributed by atoms with Crippen LogP contribution in [0.15, 0.2) is 24.3 Å². The zero-order valence-electron chi connectivity index (χ0n) is 15.5. The Bertz CT molecular complexity index is 810. The van der Waals surface area contributed by atoms with Crippen LogP contribution in [-0.2, 0) is 16.1 Å². The molecule has 2 heterocycles. The standard InChI is InChI=1S/C19H26N4O2S/c1-12(2)23-16(21-22-19(23)26)11-20-18(24)15-5-4-10-25-17(15)14-8-6-13(3)7-9-14/h6-9,12,15,17H,4-5,10-11H2,1-3H3,(H,20,24)(H,22,26)/t15-,17-/m1/s1. The number of hydrogen-bond acceptors (Lipinski definition) is 4. The monoisotopic (exact) mass is 374 g/mol. The van der Waals surface area contributed by atoms with E-state index in [1.807, 2.05) is 18.4 Å². The van der Waals surface area contributed by atoms with Crippen LogP contribution in [0, 0.1) is 17.6 Å². The van der Waals surface area contributed by atoms with Crippen molar-refractivity contribution in [1.29, 1.82) is 0 Å². The SMILES string of the molecule is Cc1ccc([C@H]2OCCC[C@H]2C(=O)NCc2n[nH]c(=S)n2C(C)C)cc1. The van der Waals surface area contributed by atoms with E-state index in [2.05, 4.69) is 46.7 Å². The molecule has 1 fully saturated rings. The second kappa shape index (κ2) is 8.14. The van der Waals surface area contributed by atoms with E-state index in [9.17, 15) is 4.79 Å². The first-order valence-electron chi connectivity index (χ1n) is 9.09. The van der Waals surface area contributed by atoms with Crippen LogP contribution in [0.1, 0.15) is 55.8 Å². The first kappa shape index (κ1) is 18.8. The van der Waals surface area contributed by atoms with E-state index in [0.29, 0.717) is 17.9 Å². The highest BCUT2D eigenvalue weighted by Crippen LogP contribution is 2.34. The second-order valence-corrected chi connectivity index (χ2v) is 7.46. The van der Waals surface area contributed by atoms with E-state index >= 15 is 0 Å². The molecule has 3 rings (SSSR count). The normalized spacial score (nSPS) is 20.3. The topological polar surface area (TPSA) is 71.9 Å². The van der Waals surface area contributed by atoms with Crippen molar-refractivity contribution >= 4 is 18.1 Å². The zero-order valence-corrected chi connectivity index (χ0v) is 16.3. The quantitative estimate of drug-likeness (QED) is 0.784. The molecule has 1 aliphatic rings. The molecule has 6 nitrogen and oxygen atoms in total. The molecule has 2 atom stereocenters. The Balaban J connectivity index is 1.71. The number of carbonyl (C=O) groups excluding carboxylic acids is 1. The van der Waals surface area contributed by atoms with Gasteiger partial charge in [-0.25, -0.2) is 0 Å². The van der Waals surface area contributed by atoms with Crippen LogP contribution in [0.2, 0.25) is 0 Å². The highest BCUT2D eigenvalue weighted by Gasteiger charge is 2.33. The Kier molecular flexibility index (Phi) is 5.88. The summed E-state index contributed by atoms with van der Waals surface area (Å²) in [7, 11) is 0. The molecule has 2 N–H and O–H groups in total. The summed E-state index contributed by atoms with van der Waals surface area (Å²) in [5.74, 6) is 0.544. The van der Waals surface area contributed by atoms with Crippen LogP contribution in [0.4, 0.5) is 0 Å². The lowest BCUT2D eigenvalue weighted by molar-refractivity contribution is -0.135. The number of ether oxygens (including phenoxy) is 1. The van der Waals surface area contributed by atoms with Crippen molar-refractivity contribution in [3.05, 3.63) is 46.0 Å². The van der Waals surface area contributed by atoms with Gasteiger partial charge >= 0.3 is 0 Å². The summed E-state index contributed by atoms with van der Waals surface area (Å²) in [4.78, 5) is 12.8. The van der Waals surface area contributed by atoms with Gasteiger partial charge in [0.05, 0.1) is 18.6 Å². The number of benzene rings is 1. The minimum atomic E-state index is -0.199. The number of nitrogens with one attached hydrogen (secondary N) is 2. The summed E-state index contributed by atoms with van der Waals surface area (Å²) in [6.07, 6.45) is 1.52. The molecule has 0 unspecified atom stereocenters. The lowest BCUT2D eigenvalue weighted by atomic mass is 9.88. The second-order valence-electron chi connectivity index (χ2n) is 7.08. The van der Waals surface area contributed by atoms with Crippen molar-refractivity contribution in [1.82, 2.24) is 20.1 Å². The number of aromatic nitrogens is 3. The van der Waals surface area contributed by atoms with Crippen molar-refractivity contribution in [3.63, 3.8) is 0 Å². The molecule has 1 aromatic carbocycles. The predicted molar refractivity (Wildman–Crippen MR) is 102 cm³/mol. The number of aromatic amines is 1. The van der Waals surface area contributed by atoms with E-state index in [4.69, 9.17) is 17.0 Å².